The van der Waals surface area contributed by atoms with Gasteiger partial charge in [0.05, 0.1) is 23.6 Å². The van der Waals surface area contributed by atoms with E-state index in [4.69, 9.17) is 9.47 Å². The lowest BCUT2D eigenvalue weighted by atomic mass is 9.99. The van der Waals surface area contributed by atoms with Crippen LogP contribution in [0.1, 0.15) is 41.7 Å². The molecule has 0 saturated carbocycles. The Labute approximate surface area is 156 Å². The molecular weight excluding hydrogens is 348 g/mol. The van der Waals surface area contributed by atoms with Gasteiger partial charge in [-0.2, -0.15) is 5.10 Å². The Bertz CT molecular complexity index is 878. The van der Waals surface area contributed by atoms with Gasteiger partial charge in [0.15, 0.2) is 12.3 Å². The third-order valence-electron chi connectivity index (χ3n) is 4.88. The molecule has 2 amide bonds. The van der Waals surface area contributed by atoms with E-state index in [2.05, 4.69) is 15.5 Å². The Balaban J connectivity index is 1.42. The van der Waals surface area contributed by atoms with Crippen molar-refractivity contribution in [1.82, 2.24) is 15.5 Å². The third kappa shape index (κ3) is 3.28. The maximum atomic E-state index is 12.6. The van der Waals surface area contributed by atoms with E-state index in [9.17, 15) is 9.59 Å². The second-order valence-corrected chi connectivity index (χ2v) is 6.82. The average molecular weight is 370 g/mol. The lowest BCUT2D eigenvalue weighted by Crippen LogP contribution is -2.43. The molecule has 8 nitrogen and oxygen atoms in total. The Hall–Kier alpha value is -2.87. The van der Waals surface area contributed by atoms with E-state index in [1.165, 1.54) is 0 Å². The van der Waals surface area contributed by atoms with E-state index in [1.807, 2.05) is 38.1 Å². The minimum atomic E-state index is -0.247. The fourth-order valence-corrected chi connectivity index (χ4v) is 3.63. The summed E-state index contributed by atoms with van der Waals surface area (Å²) in [5.74, 6) is 0.301. The van der Waals surface area contributed by atoms with E-state index < -0.39 is 0 Å². The van der Waals surface area contributed by atoms with Crippen molar-refractivity contribution in [1.29, 1.82) is 0 Å². The number of hydrogen-bond donors (Lipinski definition) is 2. The van der Waals surface area contributed by atoms with E-state index in [0.717, 1.165) is 16.9 Å². The molecular formula is C19H22N4O4. The summed E-state index contributed by atoms with van der Waals surface area (Å²) in [7, 11) is 0. The maximum absolute atomic E-state index is 12.6. The van der Waals surface area contributed by atoms with Crippen molar-refractivity contribution < 1.29 is 19.1 Å². The number of hydrogen-bond acceptors (Lipinski definition) is 5. The van der Waals surface area contributed by atoms with Crippen LogP contribution in [0, 0.1) is 0 Å². The van der Waals surface area contributed by atoms with Crippen LogP contribution < -0.4 is 15.0 Å². The number of benzene rings is 1. The molecule has 0 radical (unpaired) electrons. The van der Waals surface area contributed by atoms with Gasteiger partial charge in [-0.1, -0.05) is 12.1 Å². The molecule has 2 aromatic rings. The fourth-order valence-electron chi connectivity index (χ4n) is 3.63. The van der Waals surface area contributed by atoms with Crippen LogP contribution in [0.25, 0.3) is 0 Å². The standard InChI is InChI=1S/C19H22N4O4/c1-11-9-13-17(12(2)27-11)21-22-18(13)19(25)20-7-8-23-14-5-3-4-6-15(14)26-10-16(23)24/h3-6,11-12H,7-10H2,1-2H3,(H,20,25)(H,21,22)/t11-,12+/m1/s1. The minimum Gasteiger partial charge on any atom is -0.482 e. The monoisotopic (exact) mass is 370 g/mol. The molecule has 0 unspecified atom stereocenters. The summed E-state index contributed by atoms with van der Waals surface area (Å²) in [6, 6.07) is 7.38. The Kier molecular flexibility index (Phi) is 4.57. The number of H-pyrrole nitrogens is 1. The molecule has 27 heavy (non-hydrogen) atoms. The number of aromatic nitrogens is 2. The van der Waals surface area contributed by atoms with Crippen LogP contribution in [0.4, 0.5) is 5.69 Å². The zero-order valence-corrected chi connectivity index (χ0v) is 15.3. The van der Waals surface area contributed by atoms with Crippen LogP contribution in [-0.2, 0) is 16.0 Å². The molecule has 1 aromatic carbocycles. The number of rotatable bonds is 4. The molecule has 1 aromatic heterocycles. The fraction of sp³-hybridized carbons (Fsp3) is 0.421. The Morgan fingerprint density at radius 3 is 3.04 bits per heavy atom. The smallest absolute Gasteiger partial charge is 0.272 e. The van der Waals surface area contributed by atoms with Gasteiger partial charge in [-0.05, 0) is 26.0 Å². The van der Waals surface area contributed by atoms with Crippen molar-refractivity contribution in [3.63, 3.8) is 0 Å². The van der Waals surface area contributed by atoms with Gasteiger partial charge in [-0.15, -0.1) is 0 Å². The maximum Gasteiger partial charge on any atom is 0.272 e. The predicted molar refractivity (Wildman–Crippen MR) is 97.9 cm³/mol. The summed E-state index contributed by atoms with van der Waals surface area (Å²) < 4.78 is 11.2. The second-order valence-electron chi connectivity index (χ2n) is 6.82. The molecule has 4 rings (SSSR count). The predicted octanol–water partition coefficient (Wildman–Crippen LogP) is 1.59. The van der Waals surface area contributed by atoms with Crippen molar-refractivity contribution in [3.05, 3.63) is 41.2 Å². The molecule has 2 aliphatic rings. The van der Waals surface area contributed by atoms with Crippen molar-refractivity contribution in [2.24, 2.45) is 0 Å². The number of anilines is 1. The molecule has 8 heteroatoms. The number of fused-ring (bicyclic) bond motifs is 2. The van der Waals surface area contributed by atoms with E-state index in [0.29, 0.717) is 31.0 Å². The molecule has 3 heterocycles. The summed E-state index contributed by atoms with van der Waals surface area (Å²) in [6.45, 7) is 4.62. The normalized spacial score (nSPS) is 21.3. The molecule has 0 bridgehead atoms. The largest absolute Gasteiger partial charge is 0.482 e. The van der Waals surface area contributed by atoms with Gasteiger partial charge in [0.1, 0.15) is 5.75 Å². The molecule has 2 atom stereocenters. The highest BCUT2D eigenvalue weighted by Gasteiger charge is 2.30. The molecule has 2 N–H and O–H groups in total. The van der Waals surface area contributed by atoms with Crippen molar-refractivity contribution in [2.45, 2.75) is 32.5 Å². The average Bonchev–Trinajstić information content (AvgIpc) is 3.07. The first-order chi connectivity index (χ1) is 13.0. The van der Waals surface area contributed by atoms with E-state index in [-0.39, 0.29) is 30.6 Å². The number of nitrogens with one attached hydrogen (secondary N) is 2. The number of carbonyl (C=O) groups is 2. The Morgan fingerprint density at radius 1 is 1.37 bits per heavy atom. The van der Waals surface area contributed by atoms with Gasteiger partial charge in [0, 0.05) is 25.1 Å². The second kappa shape index (κ2) is 7.03. The first kappa shape index (κ1) is 17.5. The first-order valence-electron chi connectivity index (χ1n) is 9.07. The van der Waals surface area contributed by atoms with Crippen LogP contribution >= 0.6 is 0 Å². The number of para-hydroxylation sites is 2. The van der Waals surface area contributed by atoms with Gasteiger partial charge >= 0.3 is 0 Å². The van der Waals surface area contributed by atoms with Crippen LogP contribution in [-0.4, -0.2) is 47.8 Å². The SMILES string of the molecule is C[C@@H]1Cc2c(C(=O)NCCN3C(=O)COc4ccccc43)n[nH]c2[C@H](C)O1. The number of amides is 2. The number of nitrogens with zero attached hydrogens (tertiary/aromatic N) is 2. The summed E-state index contributed by atoms with van der Waals surface area (Å²) in [5, 5.41) is 9.97. The minimum absolute atomic E-state index is 0.00755. The van der Waals surface area contributed by atoms with Crippen LogP contribution in [0.5, 0.6) is 5.75 Å². The van der Waals surface area contributed by atoms with Gasteiger partial charge in [-0.25, -0.2) is 0 Å². The topological polar surface area (TPSA) is 96.5 Å². The van der Waals surface area contributed by atoms with Gasteiger partial charge in [0.25, 0.3) is 11.8 Å². The van der Waals surface area contributed by atoms with Crippen molar-refractivity contribution in [2.75, 3.05) is 24.6 Å². The third-order valence-corrected chi connectivity index (χ3v) is 4.88. The van der Waals surface area contributed by atoms with Gasteiger partial charge in [-0.3, -0.25) is 14.7 Å². The van der Waals surface area contributed by atoms with Crippen LogP contribution in [0.15, 0.2) is 24.3 Å². The number of aromatic amines is 1. The zero-order valence-electron chi connectivity index (χ0n) is 15.3. The lowest BCUT2D eigenvalue weighted by molar-refractivity contribution is -0.121. The summed E-state index contributed by atoms with van der Waals surface area (Å²) in [6.07, 6.45) is 0.577. The van der Waals surface area contributed by atoms with Crippen LogP contribution in [0.3, 0.4) is 0 Å². The molecule has 0 fully saturated rings. The highest BCUT2D eigenvalue weighted by molar-refractivity contribution is 5.98. The number of ether oxygens (including phenoxy) is 2. The highest BCUT2D eigenvalue weighted by atomic mass is 16.5. The zero-order chi connectivity index (χ0) is 19.0. The quantitative estimate of drug-likeness (QED) is 0.852. The summed E-state index contributed by atoms with van der Waals surface area (Å²) in [5.41, 5.74) is 2.89. The molecule has 0 aliphatic carbocycles. The Morgan fingerprint density at radius 2 is 2.19 bits per heavy atom. The molecule has 142 valence electrons. The lowest BCUT2D eigenvalue weighted by Gasteiger charge is -2.29. The first-order valence-corrected chi connectivity index (χ1v) is 9.07. The molecule has 0 saturated heterocycles. The van der Waals surface area contributed by atoms with Gasteiger partial charge < -0.3 is 19.7 Å². The molecule has 2 aliphatic heterocycles. The van der Waals surface area contributed by atoms with Crippen molar-refractivity contribution in [3.8, 4) is 5.75 Å². The summed E-state index contributed by atoms with van der Waals surface area (Å²) >= 11 is 0. The van der Waals surface area contributed by atoms with Crippen molar-refractivity contribution >= 4 is 17.5 Å². The van der Waals surface area contributed by atoms with Crippen LogP contribution in [0.2, 0.25) is 0 Å². The molecule has 0 spiro atoms. The van der Waals surface area contributed by atoms with E-state index in [1.54, 1.807) is 4.90 Å². The van der Waals surface area contributed by atoms with Gasteiger partial charge in [0.2, 0.25) is 0 Å². The van der Waals surface area contributed by atoms with E-state index >= 15 is 0 Å². The number of carbonyl (C=O) groups excluding carboxylic acids is 2. The highest BCUT2D eigenvalue weighted by Crippen LogP contribution is 2.31. The summed E-state index contributed by atoms with van der Waals surface area (Å²) in [4.78, 5) is 26.4.